The van der Waals surface area contributed by atoms with E-state index in [1.807, 2.05) is 30.3 Å². The van der Waals surface area contributed by atoms with Crippen molar-refractivity contribution in [2.75, 3.05) is 7.11 Å². The Kier molecular flexibility index (Phi) is 4.28. The summed E-state index contributed by atoms with van der Waals surface area (Å²) in [6, 6.07) is 13.0. The lowest BCUT2D eigenvalue weighted by Crippen LogP contribution is -1.84. The van der Waals surface area contributed by atoms with Crippen LogP contribution in [0.4, 0.5) is 0 Å². The van der Waals surface area contributed by atoms with Crippen molar-refractivity contribution in [2.45, 2.75) is 9.79 Å². The van der Waals surface area contributed by atoms with E-state index in [4.69, 9.17) is 16.3 Å². The monoisotopic (exact) mass is 278 g/mol. The van der Waals surface area contributed by atoms with Crippen LogP contribution in [-0.2, 0) is 0 Å². The molecular weight excluding hydrogens is 268 g/mol. The number of carbonyl (C=O) groups excluding carboxylic acids is 1. The number of methoxy groups -OCH3 is 1. The fourth-order valence-corrected chi connectivity index (χ4v) is 2.64. The van der Waals surface area contributed by atoms with Crippen LogP contribution in [0.2, 0.25) is 5.02 Å². The Morgan fingerprint density at radius 3 is 2.72 bits per heavy atom. The summed E-state index contributed by atoms with van der Waals surface area (Å²) >= 11 is 7.66. The zero-order valence-electron chi connectivity index (χ0n) is 9.72. The summed E-state index contributed by atoms with van der Waals surface area (Å²) in [5.41, 5.74) is 0.579. The van der Waals surface area contributed by atoms with Gasteiger partial charge in [-0.1, -0.05) is 35.5 Å². The minimum absolute atomic E-state index is 0.576. The largest absolute Gasteiger partial charge is 0.497 e. The van der Waals surface area contributed by atoms with Crippen molar-refractivity contribution in [1.29, 1.82) is 0 Å². The van der Waals surface area contributed by atoms with E-state index in [1.54, 1.807) is 19.2 Å². The van der Waals surface area contributed by atoms with Crippen molar-refractivity contribution in [3.8, 4) is 5.75 Å². The summed E-state index contributed by atoms with van der Waals surface area (Å²) in [6.07, 6.45) is 0.784. The smallest absolute Gasteiger partial charge is 0.150 e. The van der Waals surface area contributed by atoms with Crippen molar-refractivity contribution < 1.29 is 9.53 Å². The molecule has 0 bridgehead atoms. The molecule has 2 nitrogen and oxygen atoms in total. The van der Waals surface area contributed by atoms with Crippen LogP contribution in [0.1, 0.15) is 10.4 Å². The number of aldehydes is 1. The third-order valence-corrected chi connectivity index (χ3v) is 3.85. The minimum atomic E-state index is 0.576. The third kappa shape index (κ3) is 3.06. The number of ether oxygens (including phenoxy) is 1. The average molecular weight is 279 g/mol. The second-order valence-corrected chi connectivity index (χ2v) is 5.11. The van der Waals surface area contributed by atoms with Crippen molar-refractivity contribution in [2.24, 2.45) is 0 Å². The molecule has 0 aliphatic carbocycles. The van der Waals surface area contributed by atoms with Crippen LogP contribution >= 0.6 is 23.4 Å². The van der Waals surface area contributed by atoms with Gasteiger partial charge in [-0.05, 0) is 30.3 Å². The molecule has 2 aromatic rings. The van der Waals surface area contributed by atoms with Gasteiger partial charge in [0.15, 0.2) is 0 Å². The molecule has 92 valence electrons. The minimum Gasteiger partial charge on any atom is -0.497 e. The Labute approximate surface area is 115 Å². The van der Waals surface area contributed by atoms with Gasteiger partial charge in [0.2, 0.25) is 0 Å². The van der Waals surface area contributed by atoms with Gasteiger partial charge in [0.05, 0.1) is 12.1 Å². The van der Waals surface area contributed by atoms with Gasteiger partial charge in [-0.25, -0.2) is 0 Å². The molecule has 0 aromatic heterocycles. The lowest BCUT2D eigenvalue weighted by molar-refractivity contribution is 0.112. The molecule has 0 atom stereocenters. The standard InChI is InChI=1S/C14H11ClO2S/c1-17-11-3-2-4-12(8-11)18-14-6-5-10(9-16)7-13(14)15/h2-9H,1H3. The van der Waals surface area contributed by atoms with Gasteiger partial charge in [-0.2, -0.15) is 0 Å². The van der Waals surface area contributed by atoms with Crippen LogP contribution < -0.4 is 4.74 Å². The van der Waals surface area contributed by atoms with Crippen LogP contribution in [0.5, 0.6) is 5.75 Å². The zero-order valence-corrected chi connectivity index (χ0v) is 11.3. The van der Waals surface area contributed by atoms with Crippen molar-refractivity contribution in [3.63, 3.8) is 0 Å². The molecule has 0 amide bonds. The highest BCUT2D eigenvalue weighted by atomic mass is 35.5. The number of rotatable bonds is 4. The molecule has 0 heterocycles. The first-order valence-electron chi connectivity index (χ1n) is 5.29. The zero-order chi connectivity index (χ0) is 13.0. The molecule has 0 aliphatic rings. The Balaban J connectivity index is 2.25. The molecule has 0 saturated carbocycles. The summed E-state index contributed by atoms with van der Waals surface area (Å²) in [6.45, 7) is 0. The first kappa shape index (κ1) is 13.0. The van der Waals surface area contributed by atoms with Gasteiger partial charge in [0.1, 0.15) is 12.0 Å². The number of halogens is 1. The van der Waals surface area contributed by atoms with Gasteiger partial charge in [-0.15, -0.1) is 0 Å². The fourth-order valence-electron chi connectivity index (χ4n) is 1.46. The molecule has 2 rings (SSSR count). The predicted octanol–water partition coefficient (Wildman–Crippen LogP) is 4.31. The summed E-state index contributed by atoms with van der Waals surface area (Å²) in [5, 5.41) is 0.576. The lowest BCUT2D eigenvalue weighted by atomic mass is 10.2. The van der Waals surface area contributed by atoms with E-state index in [9.17, 15) is 4.79 Å². The first-order valence-corrected chi connectivity index (χ1v) is 6.49. The topological polar surface area (TPSA) is 26.3 Å². The van der Waals surface area contributed by atoms with Gasteiger partial charge in [-0.3, -0.25) is 4.79 Å². The van der Waals surface area contributed by atoms with Gasteiger partial charge in [0.25, 0.3) is 0 Å². The molecule has 4 heteroatoms. The quantitative estimate of drug-likeness (QED) is 0.780. The SMILES string of the molecule is COc1cccc(Sc2ccc(C=O)cc2Cl)c1. The van der Waals surface area contributed by atoms with Crippen molar-refractivity contribution in [3.05, 3.63) is 53.1 Å². The highest BCUT2D eigenvalue weighted by Gasteiger charge is 2.04. The highest BCUT2D eigenvalue weighted by molar-refractivity contribution is 7.99. The van der Waals surface area contributed by atoms with Crippen molar-refractivity contribution in [1.82, 2.24) is 0 Å². The Hall–Kier alpha value is -1.45. The molecule has 2 aromatic carbocycles. The number of carbonyl (C=O) groups is 1. The molecule has 0 N–H and O–H groups in total. The van der Waals surface area contributed by atoms with Crippen LogP contribution in [0.25, 0.3) is 0 Å². The molecule has 0 spiro atoms. The Morgan fingerprint density at radius 1 is 1.22 bits per heavy atom. The Morgan fingerprint density at radius 2 is 2.06 bits per heavy atom. The average Bonchev–Trinajstić information content (AvgIpc) is 2.41. The molecule has 0 saturated heterocycles. The van der Waals surface area contributed by atoms with Gasteiger partial charge in [0, 0.05) is 15.4 Å². The molecule has 0 unspecified atom stereocenters. The molecule has 0 radical (unpaired) electrons. The normalized spacial score (nSPS) is 10.1. The predicted molar refractivity (Wildman–Crippen MR) is 74.0 cm³/mol. The lowest BCUT2D eigenvalue weighted by Gasteiger charge is -2.06. The fraction of sp³-hybridized carbons (Fsp3) is 0.0714. The molecule has 18 heavy (non-hydrogen) atoms. The van der Waals surface area contributed by atoms with E-state index in [0.29, 0.717) is 10.6 Å². The van der Waals surface area contributed by atoms with E-state index < -0.39 is 0 Å². The number of benzene rings is 2. The van der Waals surface area contributed by atoms with Gasteiger partial charge >= 0.3 is 0 Å². The highest BCUT2D eigenvalue weighted by Crippen LogP contribution is 2.34. The molecule has 0 aliphatic heterocycles. The van der Waals surface area contributed by atoms with E-state index >= 15 is 0 Å². The first-order chi connectivity index (χ1) is 8.72. The summed E-state index contributed by atoms with van der Waals surface area (Å²) in [4.78, 5) is 12.6. The second-order valence-electron chi connectivity index (χ2n) is 3.59. The van der Waals surface area contributed by atoms with E-state index in [1.165, 1.54) is 11.8 Å². The van der Waals surface area contributed by atoms with Crippen LogP contribution in [0.3, 0.4) is 0 Å². The summed E-state index contributed by atoms with van der Waals surface area (Å²) in [5.74, 6) is 0.806. The maximum Gasteiger partial charge on any atom is 0.150 e. The maximum absolute atomic E-state index is 10.6. The molecular formula is C14H11ClO2S. The maximum atomic E-state index is 10.6. The van der Waals surface area contributed by atoms with E-state index in [-0.39, 0.29) is 0 Å². The summed E-state index contributed by atoms with van der Waals surface area (Å²) < 4.78 is 5.17. The van der Waals surface area contributed by atoms with E-state index in [0.717, 1.165) is 21.8 Å². The van der Waals surface area contributed by atoms with Crippen LogP contribution in [0, 0.1) is 0 Å². The van der Waals surface area contributed by atoms with Crippen LogP contribution in [0.15, 0.2) is 52.3 Å². The molecule has 0 fully saturated rings. The number of hydrogen-bond acceptors (Lipinski definition) is 3. The third-order valence-electron chi connectivity index (χ3n) is 2.36. The number of hydrogen-bond donors (Lipinski definition) is 0. The van der Waals surface area contributed by atoms with Crippen molar-refractivity contribution >= 4 is 29.6 Å². The Bertz CT molecular complexity index is 569. The van der Waals surface area contributed by atoms with Crippen LogP contribution in [-0.4, -0.2) is 13.4 Å². The summed E-state index contributed by atoms with van der Waals surface area (Å²) in [7, 11) is 1.63. The van der Waals surface area contributed by atoms with Gasteiger partial charge < -0.3 is 4.74 Å². The second kappa shape index (κ2) is 5.94. The van der Waals surface area contributed by atoms with E-state index in [2.05, 4.69) is 0 Å².